The smallest absolute Gasteiger partial charge is 0.407 e. The number of aliphatic carboxylic acids is 1. The van der Waals surface area contributed by atoms with Gasteiger partial charge < -0.3 is 82.1 Å². The number of amides is 2. The lowest BCUT2D eigenvalue weighted by atomic mass is 10.1. The highest BCUT2D eigenvalue weighted by molar-refractivity contribution is 5.83. The summed E-state index contributed by atoms with van der Waals surface area (Å²) in [6.07, 6.45) is 0.371. The quantitative estimate of drug-likeness (QED) is 0.0665. The molecule has 3 N–H and O–H groups in total. The summed E-state index contributed by atoms with van der Waals surface area (Å²) in [7, 11) is 0. The van der Waals surface area contributed by atoms with E-state index in [2.05, 4.69) is 10.6 Å². The van der Waals surface area contributed by atoms with E-state index in [4.69, 9.17) is 66.3 Å². The molecule has 20 nitrogen and oxygen atoms in total. The van der Waals surface area contributed by atoms with Gasteiger partial charge in [0.25, 0.3) is 0 Å². The Balaban J connectivity index is 1.94. The first-order chi connectivity index (χ1) is 25.6. The van der Waals surface area contributed by atoms with E-state index in [1.807, 2.05) is 6.92 Å². The maximum absolute atomic E-state index is 12.3. The summed E-state index contributed by atoms with van der Waals surface area (Å²) in [5.41, 5.74) is 0.0875. The minimum Gasteiger partial charge on any atom is -0.492 e. The summed E-state index contributed by atoms with van der Waals surface area (Å²) >= 11 is 0. The highest BCUT2D eigenvalue weighted by Crippen LogP contribution is 2.14. The van der Waals surface area contributed by atoms with Crippen LogP contribution >= 0.6 is 0 Å². The summed E-state index contributed by atoms with van der Waals surface area (Å²) < 4.78 is 71.8. The van der Waals surface area contributed by atoms with E-state index in [0.717, 1.165) is 6.42 Å². The molecule has 20 heteroatoms. The predicted molar refractivity (Wildman–Crippen MR) is 181 cm³/mol. The third kappa shape index (κ3) is 30.9. The van der Waals surface area contributed by atoms with Gasteiger partial charge in [-0.15, -0.1) is 0 Å². The fraction of sp³-hybridized carbons (Fsp3) is 0.727. The maximum Gasteiger partial charge on any atom is 0.407 e. The molecule has 0 spiro atoms. The lowest BCUT2D eigenvalue weighted by Crippen LogP contribution is -2.42. The number of carbonyl (C=O) groups excluding carboxylic acids is 2. The average Bonchev–Trinajstić information content (AvgIpc) is 3.11. The molecular weight excluding hydrogens is 712 g/mol. The van der Waals surface area contributed by atoms with E-state index in [1.54, 1.807) is 45.0 Å². The summed E-state index contributed by atoms with van der Waals surface area (Å²) in [6.45, 7) is 7.88. The molecule has 1 aromatic rings. The van der Waals surface area contributed by atoms with Crippen LogP contribution in [0.25, 0.3) is 0 Å². The number of ether oxygens (including phenoxy) is 14. The molecule has 306 valence electrons. The van der Waals surface area contributed by atoms with Gasteiger partial charge in [-0.05, 0) is 44.9 Å². The molecule has 0 saturated heterocycles. The lowest BCUT2D eigenvalue weighted by molar-refractivity contribution is -0.234. The summed E-state index contributed by atoms with van der Waals surface area (Å²) in [5, 5.41) is 14.7. The number of hydrogen-bond acceptors (Lipinski definition) is 17. The summed E-state index contributed by atoms with van der Waals surface area (Å²) in [4.78, 5) is 35.7. The van der Waals surface area contributed by atoms with Crippen molar-refractivity contribution < 1.29 is 85.8 Å². The first-order valence-corrected chi connectivity index (χ1v) is 16.7. The van der Waals surface area contributed by atoms with E-state index in [-0.39, 0.29) is 107 Å². The molecule has 2 amide bonds. The summed E-state index contributed by atoms with van der Waals surface area (Å²) in [6, 6.07) is 5.61. The number of rotatable bonds is 35. The van der Waals surface area contributed by atoms with Crippen LogP contribution in [0.15, 0.2) is 24.3 Å². The maximum atomic E-state index is 12.3. The molecule has 0 fully saturated rings. The normalized spacial score (nSPS) is 12.0. The Labute approximate surface area is 309 Å². The SMILES string of the molecule is CCCOCOCOCOCOCOCOCOCOCOCOCOCCC(=O)N[C@@H](Cc1ccc(OCCNC(=O)OC(C)(C)C)cc1)C(=O)O. The molecule has 0 aromatic heterocycles. The van der Waals surface area contributed by atoms with Gasteiger partial charge in [0.1, 0.15) is 37.6 Å². The number of carbonyl (C=O) groups is 3. The zero-order valence-corrected chi connectivity index (χ0v) is 31.0. The number of benzene rings is 1. The number of carboxylic acids is 1. The van der Waals surface area contributed by atoms with E-state index in [0.29, 0.717) is 17.9 Å². The van der Waals surface area contributed by atoms with Crippen LogP contribution in [0, 0.1) is 0 Å². The zero-order valence-electron chi connectivity index (χ0n) is 31.0. The van der Waals surface area contributed by atoms with Gasteiger partial charge in [-0.3, -0.25) is 4.79 Å². The number of hydrogen-bond donors (Lipinski definition) is 3. The van der Waals surface area contributed by atoms with Gasteiger partial charge in [0.2, 0.25) is 5.91 Å². The van der Waals surface area contributed by atoms with Gasteiger partial charge >= 0.3 is 12.1 Å². The third-order valence-electron chi connectivity index (χ3n) is 5.69. The average molecular weight is 769 g/mol. The molecular formula is C33H56N2O18. The van der Waals surface area contributed by atoms with Crippen LogP contribution in [-0.2, 0) is 77.6 Å². The van der Waals surface area contributed by atoms with E-state index in [9.17, 15) is 19.5 Å². The molecule has 0 radical (unpaired) electrons. The molecule has 0 aliphatic heterocycles. The van der Waals surface area contributed by atoms with Crippen molar-refractivity contribution in [2.45, 2.75) is 58.6 Å². The van der Waals surface area contributed by atoms with Gasteiger partial charge in [-0.2, -0.15) is 0 Å². The molecule has 1 rings (SSSR count). The third-order valence-corrected chi connectivity index (χ3v) is 5.69. The van der Waals surface area contributed by atoms with Crippen molar-refractivity contribution in [2.24, 2.45) is 0 Å². The highest BCUT2D eigenvalue weighted by atomic mass is 16.8. The van der Waals surface area contributed by atoms with Gasteiger partial charge in [0.05, 0.1) is 19.6 Å². The van der Waals surface area contributed by atoms with Gasteiger partial charge in [-0.25, -0.2) is 9.59 Å². The van der Waals surface area contributed by atoms with Crippen LogP contribution in [0.5, 0.6) is 5.75 Å². The fourth-order valence-electron chi connectivity index (χ4n) is 3.48. The molecule has 1 aromatic carbocycles. The van der Waals surface area contributed by atoms with E-state index in [1.165, 1.54) is 0 Å². The zero-order chi connectivity index (χ0) is 38.8. The minimum absolute atomic E-state index is 0.000673. The van der Waals surface area contributed by atoms with Crippen LogP contribution in [0.4, 0.5) is 4.79 Å². The van der Waals surface area contributed by atoms with Crippen molar-refractivity contribution >= 4 is 18.0 Å². The van der Waals surface area contributed by atoms with Crippen LogP contribution in [-0.4, -0.2) is 136 Å². The molecule has 1 atom stereocenters. The van der Waals surface area contributed by atoms with E-state index < -0.39 is 29.6 Å². The first kappa shape index (κ1) is 47.8. The van der Waals surface area contributed by atoms with Crippen LogP contribution in [0.3, 0.4) is 0 Å². The molecule has 0 saturated carbocycles. The second kappa shape index (κ2) is 32.2. The van der Waals surface area contributed by atoms with Crippen molar-refractivity contribution in [3.05, 3.63) is 29.8 Å². The van der Waals surface area contributed by atoms with Crippen molar-refractivity contribution in [3.63, 3.8) is 0 Å². The number of carboxylic acid groups (broad SMARTS) is 1. The molecule has 0 bridgehead atoms. The molecule has 0 heterocycles. The Hall–Kier alpha value is -3.25. The van der Waals surface area contributed by atoms with Gasteiger partial charge in [0.15, 0.2) is 61.1 Å². The lowest BCUT2D eigenvalue weighted by Gasteiger charge is -2.19. The topological polar surface area (TPSA) is 225 Å². The van der Waals surface area contributed by atoms with Crippen molar-refractivity contribution in [1.82, 2.24) is 10.6 Å². The Kier molecular flexibility index (Phi) is 29.0. The molecule has 53 heavy (non-hydrogen) atoms. The first-order valence-electron chi connectivity index (χ1n) is 16.7. The molecule has 0 unspecified atom stereocenters. The number of nitrogens with one attached hydrogen (secondary N) is 2. The van der Waals surface area contributed by atoms with Gasteiger partial charge in [-0.1, -0.05) is 19.1 Å². The van der Waals surface area contributed by atoms with Crippen LogP contribution in [0.2, 0.25) is 0 Å². The van der Waals surface area contributed by atoms with Crippen molar-refractivity contribution in [2.75, 3.05) is 101 Å². The van der Waals surface area contributed by atoms with Gasteiger partial charge in [0, 0.05) is 13.0 Å². The number of alkyl carbamates (subject to hydrolysis) is 1. The highest BCUT2D eigenvalue weighted by Gasteiger charge is 2.20. The summed E-state index contributed by atoms with van der Waals surface area (Å²) in [5.74, 6) is -1.13. The fourth-order valence-corrected chi connectivity index (χ4v) is 3.48. The molecule has 0 aliphatic carbocycles. The Bertz CT molecular complexity index is 1060. The largest absolute Gasteiger partial charge is 0.492 e. The molecule has 0 aliphatic rings. The predicted octanol–water partition coefficient (Wildman–Crippen LogP) is 2.23. The van der Waals surface area contributed by atoms with Crippen molar-refractivity contribution in [3.8, 4) is 5.75 Å². The Morgan fingerprint density at radius 1 is 0.642 bits per heavy atom. The Morgan fingerprint density at radius 2 is 1.08 bits per heavy atom. The second-order valence-corrected chi connectivity index (χ2v) is 11.5. The van der Waals surface area contributed by atoms with Crippen molar-refractivity contribution in [1.29, 1.82) is 0 Å². The minimum atomic E-state index is -1.18. The van der Waals surface area contributed by atoms with Crippen LogP contribution in [0.1, 0.15) is 46.1 Å². The Morgan fingerprint density at radius 3 is 1.49 bits per heavy atom. The monoisotopic (exact) mass is 768 g/mol. The standard InChI is InChI=1S/C33H56N2O18/c1-5-12-40-16-42-18-44-20-46-22-48-24-50-26-51-25-49-23-47-21-45-19-43-17-41-13-10-30(36)35-29(31(37)38)15-27-6-8-28(9-7-27)52-14-11-34-32(39)53-33(2,3)4/h6-9,29H,5,10-26H2,1-4H3,(H,34,39)(H,35,36)(H,37,38)/t29-/m0/s1. The second-order valence-electron chi connectivity index (χ2n) is 11.5. The van der Waals surface area contributed by atoms with Crippen LogP contribution < -0.4 is 15.4 Å². The van der Waals surface area contributed by atoms with E-state index >= 15 is 0 Å².